The largest absolute Gasteiger partial charge is 0.496 e. The minimum absolute atomic E-state index is 0.381. The highest BCUT2D eigenvalue weighted by Gasteiger charge is 2.15. The van der Waals surface area contributed by atoms with Crippen molar-refractivity contribution in [2.45, 2.75) is 46.1 Å². The first-order valence-electron chi connectivity index (χ1n) is 7.68. The first-order valence-corrected chi connectivity index (χ1v) is 8.84. The Bertz CT molecular complexity index is 381. The smallest absolute Gasteiger partial charge is 0.123 e. The molecule has 3 heteroatoms. The topological polar surface area (TPSA) is 21.3 Å². The summed E-state index contributed by atoms with van der Waals surface area (Å²) in [5.74, 6) is 3.36. The Balaban J connectivity index is 2.77. The standard InChI is InChI=1S/C17H29NOS/c1-5-7-11-20-13-16(18-10-6-2)15-12-14(3)8-9-17(15)19-4/h8-9,12,16,18H,5-7,10-11,13H2,1-4H3. The number of thioether (sulfide) groups is 1. The fourth-order valence-electron chi connectivity index (χ4n) is 2.15. The van der Waals surface area contributed by atoms with Gasteiger partial charge in [0, 0.05) is 17.4 Å². The quantitative estimate of drug-likeness (QED) is 0.639. The molecular weight excluding hydrogens is 266 g/mol. The van der Waals surface area contributed by atoms with Crippen molar-refractivity contribution in [3.8, 4) is 5.75 Å². The van der Waals surface area contributed by atoms with E-state index in [1.165, 1.54) is 29.7 Å². The molecule has 1 unspecified atom stereocenters. The Morgan fingerprint density at radius 2 is 2.05 bits per heavy atom. The van der Waals surface area contributed by atoms with Crippen molar-refractivity contribution in [1.29, 1.82) is 0 Å². The fraction of sp³-hybridized carbons (Fsp3) is 0.647. The van der Waals surface area contributed by atoms with Gasteiger partial charge in [0.15, 0.2) is 0 Å². The number of nitrogens with one attached hydrogen (secondary N) is 1. The molecule has 1 aromatic carbocycles. The summed E-state index contributed by atoms with van der Waals surface area (Å²) in [6.45, 7) is 7.65. The lowest BCUT2D eigenvalue weighted by Crippen LogP contribution is -2.25. The molecule has 0 aliphatic rings. The second-order valence-electron chi connectivity index (χ2n) is 5.18. The lowest BCUT2D eigenvalue weighted by molar-refractivity contribution is 0.402. The van der Waals surface area contributed by atoms with E-state index in [1.807, 2.05) is 11.8 Å². The van der Waals surface area contributed by atoms with Crippen LogP contribution in [0, 0.1) is 6.92 Å². The molecule has 0 aliphatic carbocycles. The van der Waals surface area contributed by atoms with Crippen molar-refractivity contribution in [3.63, 3.8) is 0 Å². The average molecular weight is 295 g/mol. The first kappa shape index (κ1) is 17.4. The van der Waals surface area contributed by atoms with Crippen LogP contribution in [0.2, 0.25) is 0 Å². The normalized spacial score (nSPS) is 12.4. The molecule has 1 rings (SSSR count). The zero-order chi connectivity index (χ0) is 14.8. The summed E-state index contributed by atoms with van der Waals surface area (Å²) in [6, 6.07) is 6.84. The van der Waals surface area contributed by atoms with Crippen molar-refractivity contribution >= 4 is 11.8 Å². The highest BCUT2D eigenvalue weighted by Crippen LogP contribution is 2.29. The van der Waals surface area contributed by atoms with Gasteiger partial charge >= 0.3 is 0 Å². The molecule has 0 heterocycles. The highest BCUT2D eigenvalue weighted by atomic mass is 32.2. The Morgan fingerprint density at radius 3 is 2.70 bits per heavy atom. The molecule has 0 fully saturated rings. The van der Waals surface area contributed by atoms with Gasteiger partial charge in [0.1, 0.15) is 5.75 Å². The van der Waals surface area contributed by atoms with Gasteiger partial charge in [-0.2, -0.15) is 11.8 Å². The van der Waals surface area contributed by atoms with E-state index in [1.54, 1.807) is 7.11 Å². The third kappa shape index (κ3) is 5.76. The van der Waals surface area contributed by atoms with Gasteiger partial charge < -0.3 is 10.1 Å². The Hall–Kier alpha value is -0.670. The number of hydrogen-bond acceptors (Lipinski definition) is 3. The van der Waals surface area contributed by atoms with Gasteiger partial charge in [-0.05, 0) is 38.1 Å². The number of benzene rings is 1. The van der Waals surface area contributed by atoms with E-state index in [-0.39, 0.29) is 0 Å². The molecule has 114 valence electrons. The summed E-state index contributed by atoms with van der Waals surface area (Å²) in [5, 5.41) is 3.66. The molecule has 1 atom stereocenters. The fourth-order valence-corrected chi connectivity index (χ4v) is 3.34. The maximum Gasteiger partial charge on any atom is 0.123 e. The maximum atomic E-state index is 5.54. The molecule has 0 saturated heterocycles. The van der Waals surface area contributed by atoms with Crippen LogP contribution in [0.15, 0.2) is 18.2 Å². The van der Waals surface area contributed by atoms with Gasteiger partial charge in [0.25, 0.3) is 0 Å². The van der Waals surface area contributed by atoms with E-state index in [9.17, 15) is 0 Å². The van der Waals surface area contributed by atoms with Crippen molar-refractivity contribution in [3.05, 3.63) is 29.3 Å². The van der Waals surface area contributed by atoms with E-state index in [0.29, 0.717) is 6.04 Å². The lowest BCUT2D eigenvalue weighted by Gasteiger charge is -2.21. The minimum atomic E-state index is 0.381. The van der Waals surface area contributed by atoms with Crippen LogP contribution in [0.1, 0.15) is 50.3 Å². The van der Waals surface area contributed by atoms with E-state index >= 15 is 0 Å². The summed E-state index contributed by atoms with van der Waals surface area (Å²) in [6.07, 6.45) is 3.73. The van der Waals surface area contributed by atoms with Crippen LogP contribution >= 0.6 is 11.8 Å². The molecule has 0 bridgehead atoms. The third-order valence-corrected chi connectivity index (χ3v) is 4.47. The molecule has 0 aliphatic heterocycles. The number of methoxy groups -OCH3 is 1. The predicted molar refractivity (Wildman–Crippen MR) is 91.0 cm³/mol. The molecule has 20 heavy (non-hydrogen) atoms. The molecular formula is C17H29NOS. The van der Waals surface area contributed by atoms with Gasteiger partial charge in [0.05, 0.1) is 7.11 Å². The van der Waals surface area contributed by atoms with E-state index in [2.05, 4.69) is 44.3 Å². The lowest BCUT2D eigenvalue weighted by atomic mass is 10.0. The SMILES string of the molecule is CCCCSCC(NCCC)c1cc(C)ccc1OC. The minimum Gasteiger partial charge on any atom is -0.496 e. The van der Waals surface area contributed by atoms with Gasteiger partial charge in [-0.3, -0.25) is 0 Å². The van der Waals surface area contributed by atoms with Gasteiger partial charge in [0.2, 0.25) is 0 Å². The number of hydrogen-bond donors (Lipinski definition) is 1. The van der Waals surface area contributed by atoms with E-state index in [4.69, 9.17) is 4.74 Å². The van der Waals surface area contributed by atoms with Crippen LogP contribution < -0.4 is 10.1 Å². The molecule has 0 amide bonds. The highest BCUT2D eigenvalue weighted by molar-refractivity contribution is 7.99. The second-order valence-corrected chi connectivity index (χ2v) is 6.33. The first-order chi connectivity index (χ1) is 9.72. The van der Waals surface area contributed by atoms with Crippen molar-refractivity contribution in [2.24, 2.45) is 0 Å². The Labute approximate surface area is 128 Å². The van der Waals surface area contributed by atoms with E-state index in [0.717, 1.165) is 24.5 Å². The zero-order valence-corrected chi connectivity index (χ0v) is 14.2. The van der Waals surface area contributed by atoms with Crippen molar-refractivity contribution in [1.82, 2.24) is 5.32 Å². The maximum absolute atomic E-state index is 5.54. The van der Waals surface area contributed by atoms with Crippen LogP contribution in [0.5, 0.6) is 5.75 Å². The molecule has 0 radical (unpaired) electrons. The summed E-state index contributed by atoms with van der Waals surface area (Å²) >= 11 is 2.04. The average Bonchev–Trinajstić information content (AvgIpc) is 2.46. The van der Waals surface area contributed by atoms with Crippen LogP contribution in [0.25, 0.3) is 0 Å². The number of ether oxygens (including phenoxy) is 1. The van der Waals surface area contributed by atoms with Crippen LogP contribution in [0.4, 0.5) is 0 Å². The van der Waals surface area contributed by atoms with Crippen LogP contribution in [-0.4, -0.2) is 25.2 Å². The van der Waals surface area contributed by atoms with Crippen molar-refractivity contribution < 1.29 is 4.74 Å². The molecule has 2 nitrogen and oxygen atoms in total. The molecule has 1 aromatic rings. The van der Waals surface area contributed by atoms with Crippen LogP contribution in [-0.2, 0) is 0 Å². The summed E-state index contributed by atoms with van der Waals surface area (Å²) in [4.78, 5) is 0. The van der Waals surface area contributed by atoms with Gasteiger partial charge in [-0.25, -0.2) is 0 Å². The predicted octanol–water partition coefficient (Wildman–Crippen LogP) is 4.58. The Morgan fingerprint density at radius 1 is 1.25 bits per heavy atom. The second kappa shape index (κ2) is 10.1. The molecule has 0 aromatic heterocycles. The summed E-state index contributed by atoms with van der Waals surface area (Å²) in [5.41, 5.74) is 2.59. The zero-order valence-electron chi connectivity index (χ0n) is 13.4. The third-order valence-electron chi connectivity index (χ3n) is 3.33. The molecule has 0 saturated carbocycles. The molecule has 1 N–H and O–H groups in total. The number of rotatable bonds is 10. The number of aryl methyl sites for hydroxylation is 1. The Kier molecular flexibility index (Phi) is 8.79. The molecule has 0 spiro atoms. The number of unbranched alkanes of at least 4 members (excludes halogenated alkanes) is 1. The summed E-state index contributed by atoms with van der Waals surface area (Å²) in [7, 11) is 1.76. The van der Waals surface area contributed by atoms with Gasteiger partial charge in [-0.1, -0.05) is 38.0 Å². The van der Waals surface area contributed by atoms with Gasteiger partial charge in [-0.15, -0.1) is 0 Å². The van der Waals surface area contributed by atoms with E-state index < -0.39 is 0 Å². The summed E-state index contributed by atoms with van der Waals surface area (Å²) < 4.78 is 5.54. The van der Waals surface area contributed by atoms with Crippen molar-refractivity contribution in [2.75, 3.05) is 25.2 Å². The van der Waals surface area contributed by atoms with Crippen LogP contribution in [0.3, 0.4) is 0 Å². The monoisotopic (exact) mass is 295 g/mol.